The van der Waals surface area contributed by atoms with Gasteiger partial charge in [0.1, 0.15) is 0 Å². The lowest BCUT2D eigenvalue weighted by atomic mass is 10.1. The van der Waals surface area contributed by atoms with Crippen molar-refractivity contribution in [3.63, 3.8) is 0 Å². The maximum absolute atomic E-state index is 5.91. The summed E-state index contributed by atoms with van der Waals surface area (Å²) in [5.74, 6) is 0.641. The van der Waals surface area contributed by atoms with Gasteiger partial charge in [0.2, 0.25) is 0 Å². The van der Waals surface area contributed by atoms with Gasteiger partial charge >= 0.3 is 0 Å². The zero-order valence-electron chi connectivity index (χ0n) is 10.4. The molecule has 1 aliphatic heterocycles. The summed E-state index contributed by atoms with van der Waals surface area (Å²) in [7, 11) is 3.55. The van der Waals surface area contributed by atoms with Crippen LogP contribution < -0.4 is 10.2 Å². The Morgan fingerprint density at radius 1 is 1.50 bits per heavy atom. The standard InChI is InChI=1S/C11H16ClN3O.2ClH/c1-13-15-5-3-4-9(15)8-6-10(16-2)11(12)14-7-8;;/h6-7,9,13H,3-5H2,1-2H3;2*1H. The Balaban J connectivity index is 0.00000144. The van der Waals surface area contributed by atoms with E-state index in [0.717, 1.165) is 18.5 Å². The molecule has 1 unspecified atom stereocenters. The molecule has 104 valence electrons. The summed E-state index contributed by atoms with van der Waals surface area (Å²) in [5, 5.41) is 2.63. The summed E-state index contributed by atoms with van der Waals surface area (Å²) in [6.45, 7) is 1.06. The third kappa shape index (κ3) is 3.62. The lowest BCUT2D eigenvalue weighted by molar-refractivity contribution is 0.190. The minimum absolute atomic E-state index is 0. The molecule has 1 aromatic rings. The van der Waals surface area contributed by atoms with Gasteiger partial charge in [0.15, 0.2) is 10.9 Å². The van der Waals surface area contributed by atoms with E-state index in [9.17, 15) is 0 Å². The predicted molar refractivity (Wildman–Crippen MR) is 78.0 cm³/mol. The number of nitrogens with zero attached hydrogens (tertiary/aromatic N) is 2. The van der Waals surface area contributed by atoms with Crippen LogP contribution in [0.15, 0.2) is 12.3 Å². The third-order valence-electron chi connectivity index (χ3n) is 2.97. The Labute approximate surface area is 125 Å². The van der Waals surface area contributed by atoms with Gasteiger partial charge in [0.05, 0.1) is 13.2 Å². The van der Waals surface area contributed by atoms with Crippen molar-refractivity contribution in [3.05, 3.63) is 23.0 Å². The highest BCUT2D eigenvalue weighted by Gasteiger charge is 2.25. The number of aromatic nitrogens is 1. The topological polar surface area (TPSA) is 37.4 Å². The number of halogens is 3. The summed E-state index contributed by atoms with van der Waals surface area (Å²) in [6.07, 6.45) is 4.15. The molecule has 18 heavy (non-hydrogen) atoms. The largest absolute Gasteiger partial charge is 0.494 e. The number of nitrogens with one attached hydrogen (secondary N) is 1. The Hall–Kier alpha value is -0.260. The highest BCUT2D eigenvalue weighted by molar-refractivity contribution is 6.30. The Morgan fingerprint density at radius 2 is 2.22 bits per heavy atom. The van der Waals surface area contributed by atoms with Crippen LogP contribution in [0, 0.1) is 0 Å². The van der Waals surface area contributed by atoms with Gasteiger partial charge in [-0.25, -0.2) is 9.99 Å². The van der Waals surface area contributed by atoms with Crippen LogP contribution in [-0.4, -0.2) is 30.7 Å². The number of pyridine rings is 1. The maximum atomic E-state index is 5.91. The summed E-state index contributed by atoms with van der Waals surface area (Å²) in [4.78, 5) is 4.15. The third-order valence-corrected chi connectivity index (χ3v) is 3.26. The second-order valence-electron chi connectivity index (χ2n) is 3.84. The van der Waals surface area contributed by atoms with Crippen molar-refractivity contribution < 1.29 is 4.74 Å². The Bertz CT molecular complexity index is 379. The molecular weight excluding hydrogens is 296 g/mol. The van der Waals surface area contributed by atoms with Crippen molar-refractivity contribution in [3.8, 4) is 5.75 Å². The van der Waals surface area contributed by atoms with E-state index >= 15 is 0 Å². The van der Waals surface area contributed by atoms with E-state index in [1.165, 1.54) is 6.42 Å². The van der Waals surface area contributed by atoms with Crippen LogP contribution >= 0.6 is 36.4 Å². The molecule has 0 aliphatic carbocycles. The quantitative estimate of drug-likeness (QED) is 0.871. The number of hydrazine groups is 1. The molecule has 0 amide bonds. The molecule has 0 spiro atoms. The first-order valence-electron chi connectivity index (χ1n) is 5.39. The highest BCUT2D eigenvalue weighted by Crippen LogP contribution is 2.33. The van der Waals surface area contributed by atoms with Gasteiger partial charge in [-0.05, 0) is 31.5 Å². The van der Waals surface area contributed by atoms with Crippen molar-refractivity contribution in [1.29, 1.82) is 0 Å². The molecule has 4 nitrogen and oxygen atoms in total. The maximum Gasteiger partial charge on any atom is 0.171 e. The molecule has 7 heteroatoms. The normalized spacial score (nSPS) is 18.9. The molecule has 1 aliphatic rings. The fourth-order valence-corrected chi connectivity index (χ4v) is 2.33. The smallest absolute Gasteiger partial charge is 0.171 e. The summed E-state index contributed by atoms with van der Waals surface area (Å²) < 4.78 is 5.18. The van der Waals surface area contributed by atoms with E-state index in [2.05, 4.69) is 15.4 Å². The van der Waals surface area contributed by atoms with Gasteiger partial charge in [-0.1, -0.05) is 11.6 Å². The molecular formula is C11H18Cl3N3O. The van der Waals surface area contributed by atoms with Crippen LogP contribution in [0.1, 0.15) is 24.4 Å². The number of methoxy groups -OCH3 is 1. The van der Waals surface area contributed by atoms with Crippen LogP contribution in [0.3, 0.4) is 0 Å². The summed E-state index contributed by atoms with van der Waals surface area (Å²) in [6, 6.07) is 2.33. The number of ether oxygens (including phenoxy) is 1. The van der Waals surface area contributed by atoms with Crippen molar-refractivity contribution >= 4 is 36.4 Å². The van der Waals surface area contributed by atoms with Crippen molar-refractivity contribution in [2.24, 2.45) is 0 Å². The van der Waals surface area contributed by atoms with E-state index < -0.39 is 0 Å². The van der Waals surface area contributed by atoms with Crippen molar-refractivity contribution in [2.75, 3.05) is 20.7 Å². The van der Waals surface area contributed by atoms with Gasteiger partial charge in [0, 0.05) is 12.7 Å². The number of rotatable bonds is 3. The lowest BCUT2D eigenvalue weighted by Gasteiger charge is -2.23. The van der Waals surface area contributed by atoms with Crippen LogP contribution in [0.2, 0.25) is 5.15 Å². The Morgan fingerprint density at radius 3 is 2.83 bits per heavy atom. The molecule has 0 saturated carbocycles. The lowest BCUT2D eigenvalue weighted by Crippen LogP contribution is -2.34. The molecule has 1 atom stereocenters. The number of hydrogen-bond acceptors (Lipinski definition) is 4. The second kappa shape index (κ2) is 8.02. The van der Waals surface area contributed by atoms with Crippen LogP contribution in [0.25, 0.3) is 0 Å². The van der Waals surface area contributed by atoms with E-state index in [1.54, 1.807) is 7.11 Å². The average molecular weight is 315 g/mol. The van der Waals surface area contributed by atoms with E-state index in [1.807, 2.05) is 19.3 Å². The van der Waals surface area contributed by atoms with Gasteiger partial charge in [0.25, 0.3) is 0 Å². The first kappa shape index (κ1) is 17.7. The zero-order chi connectivity index (χ0) is 11.5. The molecule has 1 aromatic heterocycles. The van der Waals surface area contributed by atoms with E-state index in [0.29, 0.717) is 16.9 Å². The SMILES string of the molecule is CNN1CCCC1c1cnc(Cl)c(OC)c1.Cl.Cl. The van der Waals surface area contributed by atoms with Crippen LogP contribution in [-0.2, 0) is 0 Å². The van der Waals surface area contributed by atoms with Crippen LogP contribution in [0.4, 0.5) is 0 Å². The fourth-order valence-electron chi connectivity index (χ4n) is 2.15. The first-order valence-corrected chi connectivity index (χ1v) is 5.77. The zero-order valence-corrected chi connectivity index (χ0v) is 12.7. The van der Waals surface area contributed by atoms with E-state index in [4.69, 9.17) is 16.3 Å². The predicted octanol–water partition coefficient (Wildman–Crippen LogP) is 2.86. The number of hydrogen-bond donors (Lipinski definition) is 1. The highest BCUT2D eigenvalue weighted by atomic mass is 35.5. The van der Waals surface area contributed by atoms with Crippen LogP contribution in [0.5, 0.6) is 5.75 Å². The summed E-state index contributed by atoms with van der Waals surface area (Å²) >= 11 is 5.91. The molecule has 1 N–H and O–H groups in total. The molecule has 1 fully saturated rings. The molecule has 2 heterocycles. The minimum atomic E-state index is 0. The van der Waals surface area contributed by atoms with Gasteiger partial charge in [-0.15, -0.1) is 24.8 Å². The Kier molecular flexibility index (Phi) is 7.90. The van der Waals surface area contributed by atoms with Crippen molar-refractivity contribution in [1.82, 2.24) is 15.4 Å². The minimum Gasteiger partial charge on any atom is -0.494 e. The first-order chi connectivity index (χ1) is 7.76. The monoisotopic (exact) mass is 313 g/mol. The van der Waals surface area contributed by atoms with Gasteiger partial charge in [-0.2, -0.15) is 0 Å². The van der Waals surface area contributed by atoms with Gasteiger partial charge < -0.3 is 4.74 Å². The molecule has 1 saturated heterocycles. The fraction of sp³-hybridized carbons (Fsp3) is 0.545. The summed E-state index contributed by atoms with van der Waals surface area (Å²) in [5.41, 5.74) is 4.34. The van der Waals surface area contributed by atoms with Gasteiger partial charge in [-0.3, -0.25) is 5.43 Å². The molecule has 0 aromatic carbocycles. The molecule has 0 radical (unpaired) electrons. The molecule has 2 rings (SSSR count). The molecule has 0 bridgehead atoms. The van der Waals surface area contributed by atoms with E-state index in [-0.39, 0.29) is 24.8 Å². The average Bonchev–Trinajstić information content (AvgIpc) is 2.78. The van der Waals surface area contributed by atoms with Crippen molar-refractivity contribution in [2.45, 2.75) is 18.9 Å². The second-order valence-corrected chi connectivity index (χ2v) is 4.19.